The number of aliphatic hydroxyl groups excluding tert-OH is 2. The number of aliphatic hydroxyl groups is 2. The van der Waals surface area contributed by atoms with Gasteiger partial charge in [0.2, 0.25) is 0 Å². The lowest BCUT2D eigenvalue weighted by molar-refractivity contribution is 0.0461. The van der Waals surface area contributed by atoms with Gasteiger partial charge in [0.15, 0.2) is 0 Å². The summed E-state index contributed by atoms with van der Waals surface area (Å²) in [6.45, 7) is 8.39. The van der Waals surface area contributed by atoms with Crippen LogP contribution >= 0.6 is 0 Å². The summed E-state index contributed by atoms with van der Waals surface area (Å²) >= 11 is 0. The van der Waals surface area contributed by atoms with Crippen molar-refractivity contribution in [3.8, 4) is 22.6 Å². The minimum atomic E-state index is -0.745. The van der Waals surface area contributed by atoms with Gasteiger partial charge < -0.3 is 29.2 Å². The highest BCUT2D eigenvalue weighted by atomic mass is 16.5. The van der Waals surface area contributed by atoms with E-state index in [4.69, 9.17) is 18.9 Å². The average Bonchev–Trinajstić information content (AvgIpc) is 3.35. The first-order valence-electron chi connectivity index (χ1n) is 15.4. The molecule has 2 N–H and O–H groups in total. The van der Waals surface area contributed by atoms with Crippen LogP contribution in [0.25, 0.3) is 11.1 Å². The summed E-state index contributed by atoms with van der Waals surface area (Å²) < 4.78 is 22.7. The van der Waals surface area contributed by atoms with Crippen LogP contribution in [0.4, 0.5) is 0 Å². The maximum absolute atomic E-state index is 10.3. The van der Waals surface area contributed by atoms with Gasteiger partial charge in [-0.3, -0.25) is 0 Å². The van der Waals surface area contributed by atoms with E-state index >= 15 is 0 Å². The molecule has 0 radical (unpaired) electrons. The molecule has 2 atom stereocenters. The van der Waals surface area contributed by atoms with Crippen LogP contribution in [0, 0.1) is 13.8 Å². The fraction of sp³-hybridized carbons (Fsp3) is 0.282. The third-order valence-corrected chi connectivity index (χ3v) is 8.07. The number of ether oxygens (including phenoxy) is 4. The van der Waals surface area contributed by atoms with Gasteiger partial charge in [-0.2, -0.15) is 0 Å². The molecular formula is C39H42O6. The third-order valence-electron chi connectivity index (χ3n) is 8.07. The molecule has 6 heteroatoms. The summed E-state index contributed by atoms with van der Waals surface area (Å²) in [6, 6.07) is 29.8. The second-order valence-electron chi connectivity index (χ2n) is 11.3. The molecule has 0 heterocycles. The Hall–Kier alpha value is -4.52. The van der Waals surface area contributed by atoms with Crippen molar-refractivity contribution < 1.29 is 29.2 Å². The topological polar surface area (TPSA) is 77.4 Å². The number of rotatable bonds is 14. The van der Waals surface area contributed by atoms with Gasteiger partial charge in [0.05, 0.1) is 17.9 Å². The summed E-state index contributed by atoms with van der Waals surface area (Å²) in [4.78, 5) is 0. The molecule has 0 aromatic heterocycles. The van der Waals surface area contributed by atoms with Crippen molar-refractivity contribution >= 4 is 0 Å². The largest absolute Gasteiger partial charge is 0.499 e. The molecule has 4 aromatic carbocycles. The minimum Gasteiger partial charge on any atom is -0.499 e. The van der Waals surface area contributed by atoms with Gasteiger partial charge in [-0.15, -0.1) is 0 Å². The monoisotopic (exact) mass is 606 g/mol. The van der Waals surface area contributed by atoms with Gasteiger partial charge in [-0.1, -0.05) is 84.9 Å². The quantitative estimate of drug-likeness (QED) is 0.130. The highest BCUT2D eigenvalue weighted by Gasteiger charge is 2.46. The summed E-state index contributed by atoms with van der Waals surface area (Å²) in [7, 11) is 0. The van der Waals surface area contributed by atoms with Crippen molar-refractivity contribution in [1.29, 1.82) is 0 Å². The van der Waals surface area contributed by atoms with Gasteiger partial charge in [0, 0.05) is 0 Å². The van der Waals surface area contributed by atoms with Gasteiger partial charge >= 0.3 is 0 Å². The van der Waals surface area contributed by atoms with E-state index in [0.29, 0.717) is 0 Å². The first-order valence-corrected chi connectivity index (χ1v) is 15.4. The maximum atomic E-state index is 10.3. The van der Waals surface area contributed by atoms with E-state index < -0.39 is 17.6 Å². The molecule has 0 fully saturated rings. The number of hydrogen-bond donors (Lipinski definition) is 2. The van der Waals surface area contributed by atoms with Crippen molar-refractivity contribution in [3.63, 3.8) is 0 Å². The van der Waals surface area contributed by atoms with Crippen LogP contribution in [0.1, 0.15) is 47.2 Å². The Kier molecular flexibility index (Phi) is 10.3. The van der Waals surface area contributed by atoms with E-state index in [1.54, 1.807) is 24.7 Å². The zero-order valence-electron chi connectivity index (χ0n) is 26.4. The smallest absolute Gasteiger partial charge is 0.122 e. The van der Waals surface area contributed by atoms with Crippen molar-refractivity contribution in [2.75, 3.05) is 26.4 Å². The van der Waals surface area contributed by atoms with E-state index in [0.717, 1.165) is 33.8 Å². The average molecular weight is 607 g/mol. The van der Waals surface area contributed by atoms with Gasteiger partial charge in [-0.05, 0) is 84.3 Å². The van der Waals surface area contributed by atoms with E-state index in [2.05, 4.69) is 72.8 Å². The highest BCUT2D eigenvalue weighted by Crippen LogP contribution is 2.56. The molecular weight excluding hydrogens is 564 g/mol. The molecule has 0 saturated heterocycles. The van der Waals surface area contributed by atoms with E-state index in [1.165, 1.54) is 22.3 Å². The van der Waals surface area contributed by atoms with Crippen molar-refractivity contribution in [2.24, 2.45) is 0 Å². The predicted octanol–water partition coefficient (Wildman–Crippen LogP) is 7.25. The molecule has 5 rings (SSSR count). The number of benzene rings is 4. The SMILES string of the molecule is CC=COCC(O)COc1ccc(C2(c3ccc(OCC(O)COC=CC)c(C)c3)c3ccccc3-c3ccccc32)cc1C. The molecule has 1 aliphatic carbocycles. The molecule has 0 saturated carbocycles. The number of aryl methyl sites for hydroxylation is 2. The van der Waals surface area contributed by atoms with Crippen molar-refractivity contribution in [1.82, 2.24) is 0 Å². The summed E-state index contributed by atoms with van der Waals surface area (Å²) in [5.74, 6) is 1.44. The molecule has 1 aliphatic rings. The van der Waals surface area contributed by atoms with Crippen LogP contribution in [0.15, 0.2) is 110 Å². The van der Waals surface area contributed by atoms with Crippen molar-refractivity contribution in [3.05, 3.63) is 143 Å². The standard InChI is InChI=1S/C39H42O6/c1-5-19-42-23-31(40)25-44-37-17-15-29(21-27(37)3)39(35-13-9-7-11-33(35)34-12-8-10-14-36(34)39)30-16-18-38(28(4)22-30)45-26-32(41)24-43-20-6-2/h5-22,31-32,40-41H,23-26H2,1-4H3. The zero-order chi connectivity index (χ0) is 31.8. The molecule has 0 bridgehead atoms. The zero-order valence-corrected chi connectivity index (χ0v) is 26.4. The molecule has 45 heavy (non-hydrogen) atoms. The lowest BCUT2D eigenvalue weighted by Crippen LogP contribution is -2.29. The summed E-state index contributed by atoms with van der Waals surface area (Å²) in [5, 5.41) is 20.6. The number of hydrogen-bond acceptors (Lipinski definition) is 6. The van der Waals surface area contributed by atoms with Crippen LogP contribution in [-0.4, -0.2) is 48.8 Å². The van der Waals surface area contributed by atoms with Crippen molar-refractivity contribution in [2.45, 2.75) is 45.3 Å². The number of fused-ring (bicyclic) bond motifs is 3. The first kappa shape index (κ1) is 31.9. The molecule has 6 nitrogen and oxygen atoms in total. The van der Waals surface area contributed by atoms with Crippen LogP contribution in [0.2, 0.25) is 0 Å². The Morgan fingerprint density at radius 1 is 0.600 bits per heavy atom. The van der Waals surface area contributed by atoms with Crippen LogP contribution in [-0.2, 0) is 14.9 Å². The highest BCUT2D eigenvalue weighted by molar-refractivity contribution is 5.86. The Balaban J connectivity index is 1.53. The second kappa shape index (κ2) is 14.5. The fourth-order valence-electron chi connectivity index (χ4n) is 6.11. The lowest BCUT2D eigenvalue weighted by atomic mass is 9.67. The van der Waals surface area contributed by atoms with E-state index in [-0.39, 0.29) is 26.4 Å². The third kappa shape index (κ3) is 6.63. The summed E-state index contributed by atoms with van der Waals surface area (Å²) in [6.07, 6.45) is 5.19. The van der Waals surface area contributed by atoms with E-state index in [9.17, 15) is 10.2 Å². The fourth-order valence-corrected chi connectivity index (χ4v) is 6.11. The maximum Gasteiger partial charge on any atom is 0.122 e. The van der Waals surface area contributed by atoms with Crippen LogP contribution < -0.4 is 9.47 Å². The van der Waals surface area contributed by atoms with Gasteiger partial charge in [0.1, 0.15) is 50.1 Å². The van der Waals surface area contributed by atoms with Gasteiger partial charge in [0.25, 0.3) is 0 Å². The van der Waals surface area contributed by atoms with Crippen LogP contribution in [0.5, 0.6) is 11.5 Å². The predicted molar refractivity (Wildman–Crippen MR) is 178 cm³/mol. The number of allylic oxidation sites excluding steroid dienone is 2. The Labute approximate surface area is 266 Å². The Bertz CT molecular complexity index is 1530. The van der Waals surface area contributed by atoms with E-state index in [1.807, 2.05) is 39.8 Å². The first-order chi connectivity index (χ1) is 21.9. The Morgan fingerprint density at radius 3 is 1.42 bits per heavy atom. The second-order valence-corrected chi connectivity index (χ2v) is 11.3. The minimum absolute atomic E-state index is 0.130. The molecule has 0 spiro atoms. The van der Waals surface area contributed by atoms with Crippen LogP contribution in [0.3, 0.4) is 0 Å². The molecule has 0 aliphatic heterocycles. The molecule has 4 aromatic rings. The Morgan fingerprint density at radius 2 is 1.02 bits per heavy atom. The molecule has 2 unspecified atom stereocenters. The lowest BCUT2D eigenvalue weighted by Gasteiger charge is -2.34. The normalized spacial score (nSPS) is 14.6. The molecule has 0 amide bonds. The molecule has 234 valence electrons. The van der Waals surface area contributed by atoms with Gasteiger partial charge in [-0.25, -0.2) is 0 Å². The summed E-state index contributed by atoms with van der Waals surface area (Å²) in [5.41, 5.74) is 8.43.